The summed E-state index contributed by atoms with van der Waals surface area (Å²) in [5.41, 5.74) is 1.14. The summed E-state index contributed by atoms with van der Waals surface area (Å²) in [5.74, 6) is -3.20. The third kappa shape index (κ3) is 3.48. The zero-order valence-electron chi connectivity index (χ0n) is 15.6. The van der Waals surface area contributed by atoms with E-state index in [0.717, 1.165) is 4.90 Å². The van der Waals surface area contributed by atoms with Gasteiger partial charge in [-0.15, -0.1) is 0 Å². The summed E-state index contributed by atoms with van der Waals surface area (Å²) in [6, 6.07) is 3.99. The molecule has 1 unspecified atom stereocenters. The molecule has 1 aliphatic carbocycles. The standard InChI is InChI=1S/C20H21N3O6/c24-16-8-7-15(17(25)22-16)23-18(26)13-6-5-12(9-14(13)19(23)27)21-11-3-1-10(2-4-11)20(28)29/h5-6,9-11,15,21H,1-4,7-8H2,(H,28,29)(H,22,24,25)/t10-,11+,15?. The molecule has 1 saturated heterocycles. The molecule has 1 aromatic carbocycles. The predicted molar refractivity (Wildman–Crippen MR) is 100 cm³/mol. The number of benzene rings is 1. The lowest BCUT2D eigenvalue weighted by Crippen LogP contribution is -2.54. The van der Waals surface area contributed by atoms with Crippen LogP contribution in [0.5, 0.6) is 0 Å². The Morgan fingerprint density at radius 3 is 2.34 bits per heavy atom. The molecule has 1 aromatic rings. The summed E-state index contributed by atoms with van der Waals surface area (Å²) in [5, 5.41) is 14.6. The van der Waals surface area contributed by atoms with E-state index < -0.39 is 35.6 Å². The number of amides is 4. The maximum Gasteiger partial charge on any atom is 0.306 e. The number of nitrogens with zero attached hydrogens (tertiary/aromatic N) is 1. The Hall–Kier alpha value is -3.23. The van der Waals surface area contributed by atoms with E-state index in [0.29, 0.717) is 31.4 Å². The highest BCUT2D eigenvalue weighted by Crippen LogP contribution is 2.31. The number of anilines is 1. The number of nitrogens with one attached hydrogen (secondary N) is 2. The number of rotatable bonds is 4. The van der Waals surface area contributed by atoms with Gasteiger partial charge in [0.05, 0.1) is 17.0 Å². The number of fused-ring (bicyclic) bond motifs is 1. The molecule has 2 heterocycles. The summed E-state index contributed by atoms with van der Waals surface area (Å²) in [7, 11) is 0. The number of piperidine rings is 1. The fourth-order valence-corrected chi connectivity index (χ4v) is 4.28. The van der Waals surface area contributed by atoms with E-state index in [1.807, 2.05) is 0 Å². The molecule has 2 aliphatic heterocycles. The van der Waals surface area contributed by atoms with Gasteiger partial charge in [0.2, 0.25) is 11.8 Å². The zero-order valence-corrected chi connectivity index (χ0v) is 15.6. The highest BCUT2D eigenvalue weighted by molar-refractivity contribution is 6.23. The number of carbonyl (C=O) groups excluding carboxylic acids is 4. The normalized spacial score (nSPS) is 26.9. The molecule has 9 nitrogen and oxygen atoms in total. The van der Waals surface area contributed by atoms with Gasteiger partial charge in [0.15, 0.2) is 0 Å². The van der Waals surface area contributed by atoms with Gasteiger partial charge in [0.1, 0.15) is 6.04 Å². The molecule has 0 bridgehead atoms. The third-order valence-corrected chi connectivity index (χ3v) is 5.89. The minimum Gasteiger partial charge on any atom is -0.481 e. The van der Waals surface area contributed by atoms with Crippen molar-refractivity contribution in [2.45, 2.75) is 50.6 Å². The van der Waals surface area contributed by atoms with E-state index in [1.54, 1.807) is 18.2 Å². The lowest BCUT2D eigenvalue weighted by molar-refractivity contribution is -0.143. The lowest BCUT2D eigenvalue weighted by Gasteiger charge is -2.28. The van der Waals surface area contributed by atoms with Crippen LogP contribution in [0.2, 0.25) is 0 Å². The van der Waals surface area contributed by atoms with E-state index in [2.05, 4.69) is 10.6 Å². The van der Waals surface area contributed by atoms with E-state index in [-0.39, 0.29) is 35.9 Å². The number of hydrogen-bond donors (Lipinski definition) is 3. The van der Waals surface area contributed by atoms with Crippen LogP contribution in [0.25, 0.3) is 0 Å². The molecule has 2 fully saturated rings. The fraction of sp³-hybridized carbons (Fsp3) is 0.450. The van der Waals surface area contributed by atoms with Crippen LogP contribution in [0.15, 0.2) is 18.2 Å². The molecular weight excluding hydrogens is 378 g/mol. The molecule has 3 aliphatic rings. The van der Waals surface area contributed by atoms with E-state index >= 15 is 0 Å². The topological polar surface area (TPSA) is 133 Å². The van der Waals surface area contributed by atoms with Crippen LogP contribution in [-0.2, 0) is 14.4 Å². The molecule has 152 valence electrons. The van der Waals surface area contributed by atoms with Crippen molar-refractivity contribution in [2.75, 3.05) is 5.32 Å². The second kappa shape index (κ2) is 7.31. The summed E-state index contributed by atoms with van der Waals surface area (Å²) >= 11 is 0. The van der Waals surface area contributed by atoms with E-state index in [9.17, 15) is 24.0 Å². The van der Waals surface area contributed by atoms with Crippen LogP contribution in [0, 0.1) is 5.92 Å². The second-order valence-electron chi connectivity index (χ2n) is 7.74. The molecule has 3 N–H and O–H groups in total. The van der Waals surface area contributed by atoms with Gasteiger partial charge in [-0.3, -0.25) is 34.2 Å². The summed E-state index contributed by atoms with van der Waals surface area (Å²) < 4.78 is 0. The molecular formula is C20H21N3O6. The minimum atomic E-state index is -0.984. The van der Waals surface area contributed by atoms with Crippen LogP contribution < -0.4 is 10.6 Å². The quantitative estimate of drug-likeness (QED) is 0.647. The summed E-state index contributed by atoms with van der Waals surface area (Å²) in [6.45, 7) is 0. The number of aliphatic carboxylic acids is 1. The van der Waals surface area contributed by atoms with Gasteiger partial charge in [-0.05, 0) is 50.3 Å². The lowest BCUT2D eigenvalue weighted by atomic mass is 9.86. The van der Waals surface area contributed by atoms with Crippen molar-refractivity contribution in [3.05, 3.63) is 29.3 Å². The third-order valence-electron chi connectivity index (χ3n) is 5.89. The van der Waals surface area contributed by atoms with Crippen molar-refractivity contribution in [3.63, 3.8) is 0 Å². The first-order valence-electron chi connectivity index (χ1n) is 9.70. The van der Waals surface area contributed by atoms with Crippen LogP contribution in [0.1, 0.15) is 59.2 Å². The first-order valence-corrected chi connectivity index (χ1v) is 9.70. The van der Waals surface area contributed by atoms with E-state index in [1.165, 1.54) is 0 Å². The monoisotopic (exact) mass is 399 g/mol. The Morgan fingerprint density at radius 1 is 1.00 bits per heavy atom. The number of imide groups is 2. The van der Waals surface area contributed by atoms with Crippen LogP contribution in [0.3, 0.4) is 0 Å². The van der Waals surface area contributed by atoms with Crippen molar-refractivity contribution >= 4 is 35.3 Å². The first-order chi connectivity index (χ1) is 13.8. The molecule has 0 spiro atoms. The zero-order chi connectivity index (χ0) is 20.7. The van der Waals surface area contributed by atoms with Gasteiger partial charge in [0, 0.05) is 18.2 Å². The first kappa shape index (κ1) is 19.1. The van der Waals surface area contributed by atoms with Gasteiger partial charge in [0.25, 0.3) is 11.8 Å². The minimum absolute atomic E-state index is 0.0790. The molecule has 0 radical (unpaired) electrons. The molecule has 4 amide bonds. The Bertz CT molecular complexity index is 919. The highest BCUT2D eigenvalue weighted by atomic mass is 16.4. The smallest absolute Gasteiger partial charge is 0.306 e. The largest absolute Gasteiger partial charge is 0.481 e. The fourth-order valence-electron chi connectivity index (χ4n) is 4.28. The van der Waals surface area contributed by atoms with Crippen LogP contribution in [-0.4, -0.2) is 51.7 Å². The maximum atomic E-state index is 12.8. The van der Waals surface area contributed by atoms with Crippen molar-refractivity contribution in [3.8, 4) is 0 Å². The summed E-state index contributed by atoms with van der Waals surface area (Å²) in [6.07, 6.45) is 2.81. The van der Waals surface area contributed by atoms with Crippen molar-refractivity contribution in [2.24, 2.45) is 5.92 Å². The number of carboxylic acids is 1. The Balaban J connectivity index is 1.48. The maximum absolute atomic E-state index is 12.8. The SMILES string of the molecule is O=C1CCC(N2C(=O)c3ccc(N[C@H]4CC[C@@H](C(=O)O)CC4)cc3C2=O)C(=O)N1. The molecule has 1 atom stereocenters. The molecule has 29 heavy (non-hydrogen) atoms. The van der Waals surface area contributed by atoms with Crippen molar-refractivity contribution < 1.29 is 29.1 Å². The predicted octanol–water partition coefficient (Wildman–Crippen LogP) is 1.14. The van der Waals surface area contributed by atoms with E-state index in [4.69, 9.17) is 5.11 Å². The Labute approximate surface area is 166 Å². The molecule has 4 rings (SSSR count). The van der Waals surface area contributed by atoms with Crippen molar-refractivity contribution in [1.29, 1.82) is 0 Å². The van der Waals surface area contributed by atoms with Gasteiger partial charge in [-0.2, -0.15) is 0 Å². The van der Waals surface area contributed by atoms with Gasteiger partial charge in [-0.25, -0.2) is 0 Å². The van der Waals surface area contributed by atoms with Gasteiger partial charge < -0.3 is 10.4 Å². The highest BCUT2D eigenvalue weighted by Gasteiger charge is 2.44. The average molecular weight is 399 g/mol. The van der Waals surface area contributed by atoms with Crippen molar-refractivity contribution in [1.82, 2.24) is 10.2 Å². The number of carboxylic acid groups (broad SMARTS) is 1. The average Bonchev–Trinajstić information content (AvgIpc) is 2.93. The van der Waals surface area contributed by atoms with Gasteiger partial charge >= 0.3 is 5.97 Å². The van der Waals surface area contributed by atoms with Gasteiger partial charge in [-0.1, -0.05) is 0 Å². The van der Waals surface area contributed by atoms with Crippen LogP contribution in [0.4, 0.5) is 5.69 Å². The van der Waals surface area contributed by atoms with Crippen LogP contribution >= 0.6 is 0 Å². The number of carbonyl (C=O) groups is 5. The Kier molecular flexibility index (Phi) is 4.81. The second-order valence-corrected chi connectivity index (χ2v) is 7.74. The molecule has 9 heteroatoms. The number of hydrogen-bond acceptors (Lipinski definition) is 6. The molecule has 1 saturated carbocycles. The Morgan fingerprint density at radius 2 is 1.69 bits per heavy atom. The summed E-state index contributed by atoms with van der Waals surface area (Å²) in [4.78, 5) is 61.0. The molecule has 0 aromatic heterocycles.